The van der Waals surface area contributed by atoms with E-state index in [1.165, 1.54) is 30.5 Å². The zero-order valence-electron chi connectivity index (χ0n) is 14.5. The molecular weight excluding hydrogens is 312 g/mol. The van der Waals surface area contributed by atoms with Gasteiger partial charge in [0, 0.05) is 30.9 Å². The highest BCUT2D eigenvalue weighted by Gasteiger charge is 2.32. The number of urea groups is 1. The Bertz CT molecular complexity index is 673. The van der Waals surface area contributed by atoms with Crippen LogP contribution in [0.5, 0.6) is 0 Å². The van der Waals surface area contributed by atoms with E-state index in [9.17, 15) is 4.79 Å². The zero-order valence-corrected chi connectivity index (χ0v) is 14.5. The molecule has 2 aromatic rings. The van der Waals surface area contributed by atoms with Gasteiger partial charge in [-0.15, -0.1) is 0 Å². The van der Waals surface area contributed by atoms with Gasteiger partial charge in [0.25, 0.3) is 0 Å². The third-order valence-electron chi connectivity index (χ3n) is 5.80. The summed E-state index contributed by atoms with van der Waals surface area (Å²) >= 11 is 0. The molecule has 2 N–H and O–H groups in total. The maximum atomic E-state index is 12.8. The second kappa shape index (κ2) is 7.30. The van der Waals surface area contributed by atoms with Gasteiger partial charge in [0.15, 0.2) is 0 Å². The number of nitrogens with one attached hydrogen (secondary N) is 2. The Morgan fingerprint density at radius 2 is 1.88 bits per heavy atom. The molecule has 1 unspecified atom stereocenters. The van der Waals surface area contributed by atoms with Gasteiger partial charge in [-0.05, 0) is 43.2 Å². The molecule has 2 aliphatic rings. The maximum Gasteiger partial charge on any atom is 0.317 e. The molecule has 2 amide bonds. The number of likely N-dealkylation sites (tertiary alicyclic amines) is 1. The van der Waals surface area contributed by atoms with E-state index >= 15 is 0 Å². The van der Waals surface area contributed by atoms with Crippen LogP contribution in [-0.4, -0.2) is 34.2 Å². The molecule has 2 fully saturated rings. The summed E-state index contributed by atoms with van der Waals surface area (Å²) in [5, 5.41) is 10.4. The molecule has 1 aromatic carbocycles. The van der Waals surface area contributed by atoms with Crippen LogP contribution < -0.4 is 5.32 Å². The van der Waals surface area contributed by atoms with E-state index in [2.05, 4.69) is 39.8 Å². The number of H-pyrrole nitrogens is 1. The third-order valence-corrected chi connectivity index (χ3v) is 5.80. The average molecular weight is 338 g/mol. The molecule has 132 valence electrons. The normalized spacial score (nSPS) is 20.1. The molecule has 2 heterocycles. The first-order valence-corrected chi connectivity index (χ1v) is 9.41. The largest absolute Gasteiger partial charge is 0.331 e. The smallest absolute Gasteiger partial charge is 0.317 e. The highest BCUT2D eigenvalue weighted by atomic mass is 16.2. The van der Waals surface area contributed by atoms with Gasteiger partial charge in [-0.25, -0.2) is 4.79 Å². The van der Waals surface area contributed by atoms with E-state index in [1.54, 1.807) is 6.20 Å². The van der Waals surface area contributed by atoms with Crippen LogP contribution in [0.3, 0.4) is 0 Å². The van der Waals surface area contributed by atoms with E-state index in [4.69, 9.17) is 0 Å². The number of nitrogens with zero attached hydrogens (tertiary/aromatic N) is 2. The minimum Gasteiger partial charge on any atom is -0.331 e. The van der Waals surface area contributed by atoms with Gasteiger partial charge in [0.05, 0.1) is 6.04 Å². The highest BCUT2D eigenvalue weighted by molar-refractivity contribution is 5.75. The first-order valence-electron chi connectivity index (χ1n) is 9.41. The summed E-state index contributed by atoms with van der Waals surface area (Å²) in [7, 11) is 0. The lowest BCUT2D eigenvalue weighted by Crippen LogP contribution is -2.47. The molecule has 5 nitrogen and oxygen atoms in total. The Labute approximate surface area is 148 Å². The van der Waals surface area contributed by atoms with Crippen LogP contribution in [-0.2, 0) is 0 Å². The van der Waals surface area contributed by atoms with Crippen molar-refractivity contribution in [3.63, 3.8) is 0 Å². The van der Waals surface area contributed by atoms with Crippen LogP contribution in [0.15, 0.2) is 42.6 Å². The van der Waals surface area contributed by atoms with Gasteiger partial charge in [-0.2, -0.15) is 5.10 Å². The van der Waals surface area contributed by atoms with Crippen molar-refractivity contribution in [2.24, 2.45) is 5.92 Å². The van der Waals surface area contributed by atoms with E-state index in [0.29, 0.717) is 11.8 Å². The molecule has 1 atom stereocenters. The number of carbonyl (C=O) groups is 1. The molecule has 25 heavy (non-hydrogen) atoms. The third kappa shape index (κ3) is 3.55. The van der Waals surface area contributed by atoms with Crippen molar-refractivity contribution in [3.05, 3.63) is 53.9 Å². The molecule has 0 radical (unpaired) electrons. The summed E-state index contributed by atoms with van der Waals surface area (Å²) in [5.41, 5.74) is 2.42. The predicted molar refractivity (Wildman–Crippen MR) is 97.2 cm³/mol. The lowest BCUT2D eigenvalue weighted by atomic mass is 9.77. The number of piperidine rings is 1. The summed E-state index contributed by atoms with van der Waals surface area (Å²) in [6, 6.07) is 12.7. The van der Waals surface area contributed by atoms with E-state index in [-0.39, 0.29) is 12.1 Å². The number of amides is 2. The minimum atomic E-state index is 0.0869. The fourth-order valence-electron chi connectivity index (χ4n) is 4.02. The van der Waals surface area contributed by atoms with Crippen molar-refractivity contribution in [2.75, 3.05) is 13.1 Å². The number of hydrogen-bond donors (Lipinski definition) is 2. The van der Waals surface area contributed by atoms with Crippen LogP contribution >= 0.6 is 0 Å². The Morgan fingerprint density at radius 1 is 1.12 bits per heavy atom. The Hall–Kier alpha value is -2.30. The summed E-state index contributed by atoms with van der Waals surface area (Å²) in [5.74, 6) is 1.07. The zero-order chi connectivity index (χ0) is 17.1. The van der Waals surface area contributed by atoms with Crippen molar-refractivity contribution in [2.45, 2.75) is 44.1 Å². The van der Waals surface area contributed by atoms with E-state index < -0.39 is 0 Å². The average Bonchev–Trinajstić information content (AvgIpc) is 3.15. The van der Waals surface area contributed by atoms with Crippen molar-refractivity contribution in [3.8, 4) is 0 Å². The molecule has 4 rings (SSSR count). The topological polar surface area (TPSA) is 61.0 Å². The number of rotatable bonds is 4. The van der Waals surface area contributed by atoms with Crippen LogP contribution in [0.25, 0.3) is 0 Å². The molecule has 0 spiro atoms. The number of aromatic nitrogens is 2. The molecular formula is C20H26N4O. The first kappa shape index (κ1) is 16.2. The Morgan fingerprint density at radius 3 is 2.48 bits per heavy atom. The second-order valence-electron chi connectivity index (χ2n) is 7.30. The SMILES string of the molecule is O=C(NC(c1ccccc1)C1CCC1)N1CCC(c2ccn[nH]2)CC1. The molecule has 1 saturated carbocycles. The Balaban J connectivity index is 1.37. The number of aromatic amines is 1. The lowest BCUT2D eigenvalue weighted by Gasteiger charge is -2.37. The van der Waals surface area contributed by atoms with Gasteiger partial charge in [-0.1, -0.05) is 36.8 Å². The molecule has 1 aliphatic carbocycles. The molecule has 1 aliphatic heterocycles. The van der Waals surface area contributed by atoms with Crippen LogP contribution in [0.4, 0.5) is 4.79 Å². The number of benzene rings is 1. The number of carbonyl (C=O) groups excluding carboxylic acids is 1. The highest BCUT2D eigenvalue weighted by Crippen LogP contribution is 2.38. The fraction of sp³-hybridized carbons (Fsp3) is 0.500. The molecule has 5 heteroatoms. The maximum absolute atomic E-state index is 12.8. The monoisotopic (exact) mass is 338 g/mol. The first-order chi connectivity index (χ1) is 12.3. The van der Waals surface area contributed by atoms with Gasteiger partial charge < -0.3 is 10.2 Å². The van der Waals surface area contributed by atoms with Gasteiger partial charge in [-0.3, -0.25) is 5.10 Å². The summed E-state index contributed by atoms with van der Waals surface area (Å²) in [6.45, 7) is 1.61. The van der Waals surface area contributed by atoms with Crippen LogP contribution in [0.1, 0.15) is 55.3 Å². The van der Waals surface area contributed by atoms with Crippen LogP contribution in [0, 0.1) is 5.92 Å². The summed E-state index contributed by atoms with van der Waals surface area (Å²) in [4.78, 5) is 14.8. The van der Waals surface area contributed by atoms with Gasteiger partial charge >= 0.3 is 6.03 Å². The minimum absolute atomic E-state index is 0.0869. The molecule has 0 bridgehead atoms. The van der Waals surface area contributed by atoms with E-state index in [0.717, 1.165) is 25.9 Å². The van der Waals surface area contributed by atoms with Gasteiger partial charge in [0.1, 0.15) is 0 Å². The van der Waals surface area contributed by atoms with Crippen molar-refractivity contribution in [1.82, 2.24) is 20.4 Å². The van der Waals surface area contributed by atoms with Gasteiger partial charge in [0.2, 0.25) is 0 Å². The van der Waals surface area contributed by atoms with Crippen molar-refractivity contribution in [1.29, 1.82) is 0 Å². The molecule has 1 aromatic heterocycles. The predicted octanol–water partition coefficient (Wildman–Crippen LogP) is 3.84. The second-order valence-corrected chi connectivity index (χ2v) is 7.30. The number of hydrogen-bond acceptors (Lipinski definition) is 2. The van der Waals surface area contributed by atoms with Crippen LogP contribution in [0.2, 0.25) is 0 Å². The summed E-state index contributed by atoms with van der Waals surface area (Å²) < 4.78 is 0. The summed E-state index contributed by atoms with van der Waals surface area (Å²) in [6.07, 6.45) is 7.49. The Kier molecular flexibility index (Phi) is 4.72. The van der Waals surface area contributed by atoms with E-state index in [1.807, 2.05) is 17.0 Å². The quantitative estimate of drug-likeness (QED) is 0.890. The lowest BCUT2D eigenvalue weighted by molar-refractivity contribution is 0.162. The molecule has 1 saturated heterocycles. The standard InChI is InChI=1S/C20H26N4O/c25-20(24-13-10-15(11-14-24)18-9-12-21-23-18)22-19(17-7-4-8-17)16-5-2-1-3-6-16/h1-3,5-6,9,12,15,17,19H,4,7-8,10-11,13-14H2,(H,21,23)(H,22,25). The fourth-order valence-corrected chi connectivity index (χ4v) is 4.02. The van der Waals surface area contributed by atoms with Crippen molar-refractivity contribution < 1.29 is 4.79 Å². The van der Waals surface area contributed by atoms with Crippen molar-refractivity contribution >= 4 is 6.03 Å².